The Morgan fingerprint density at radius 2 is 2.00 bits per heavy atom. The number of hydrogen-bond donors (Lipinski definition) is 0. The molecule has 0 aliphatic carbocycles. The van der Waals surface area contributed by atoms with Crippen molar-refractivity contribution in [2.24, 2.45) is 0 Å². The Labute approximate surface area is 102 Å². The maximum absolute atomic E-state index is 11.3. The van der Waals surface area contributed by atoms with Crippen LogP contribution >= 0.6 is 22.6 Å². The fourth-order valence-corrected chi connectivity index (χ4v) is 3.31. The van der Waals surface area contributed by atoms with E-state index in [2.05, 4.69) is 32.6 Å². The van der Waals surface area contributed by atoms with E-state index in [1.54, 1.807) is 6.20 Å². The number of hydrogen-bond acceptors (Lipinski definition) is 5. The van der Waals surface area contributed by atoms with Crippen LogP contribution in [0.4, 0.5) is 5.82 Å². The minimum Gasteiger partial charge on any atom is -0.354 e. The first-order valence-corrected chi connectivity index (χ1v) is 7.39. The third-order valence-electron chi connectivity index (χ3n) is 2.29. The standard InChI is InChI=1S/C8H10IN3O2S/c9-7-5-10-6-11-8(7)12-1-3-15(13,14)4-2-12/h5-6H,1-4H2. The van der Waals surface area contributed by atoms with Gasteiger partial charge >= 0.3 is 0 Å². The average Bonchev–Trinajstić information content (AvgIpc) is 2.19. The molecule has 1 aliphatic rings. The first-order valence-electron chi connectivity index (χ1n) is 4.49. The fourth-order valence-electron chi connectivity index (χ4n) is 1.46. The molecule has 0 N–H and O–H groups in total. The Hall–Kier alpha value is -0.440. The zero-order valence-electron chi connectivity index (χ0n) is 7.93. The van der Waals surface area contributed by atoms with E-state index in [1.807, 2.05) is 4.90 Å². The van der Waals surface area contributed by atoms with Crippen LogP contribution in [0.5, 0.6) is 0 Å². The minimum absolute atomic E-state index is 0.215. The highest BCUT2D eigenvalue weighted by Gasteiger charge is 2.23. The van der Waals surface area contributed by atoms with Crippen molar-refractivity contribution in [3.8, 4) is 0 Å². The first-order chi connectivity index (χ1) is 7.08. The molecule has 82 valence electrons. The van der Waals surface area contributed by atoms with E-state index in [9.17, 15) is 8.42 Å². The van der Waals surface area contributed by atoms with Crippen molar-refractivity contribution in [3.05, 3.63) is 16.1 Å². The second-order valence-corrected chi connectivity index (χ2v) is 6.80. The van der Waals surface area contributed by atoms with Gasteiger partial charge in [-0.1, -0.05) is 0 Å². The van der Waals surface area contributed by atoms with E-state index in [0.29, 0.717) is 13.1 Å². The van der Waals surface area contributed by atoms with Crippen LogP contribution < -0.4 is 4.90 Å². The second-order valence-electron chi connectivity index (χ2n) is 3.33. The number of nitrogens with zero attached hydrogens (tertiary/aromatic N) is 3. The number of halogens is 1. The predicted molar refractivity (Wildman–Crippen MR) is 65.6 cm³/mol. The molecule has 2 rings (SSSR count). The van der Waals surface area contributed by atoms with Gasteiger partial charge in [0.15, 0.2) is 9.84 Å². The maximum Gasteiger partial charge on any atom is 0.153 e. The summed E-state index contributed by atoms with van der Waals surface area (Å²) in [5.74, 6) is 1.26. The minimum atomic E-state index is -2.82. The lowest BCUT2D eigenvalue weighted by atomic mass is 10.4. The summed E-state index contributed by atoms with van der Waals surface area (Å²) in [5, 5.41) is 0. The molecule has 0 saturated carbocycles. The Kier molecular flexibility index (Phi) is 3.10. The number of rotatable bonds is 1. The van der Waals surface area contributed by atoms with E-state index in [-0.39, 0.29) is 11.5 Å². The quantitative estimate of drug-likeness (QED) is 0.690. The van der Waals surface area contributed by atoms with Crippen molar-refractivity contribution in [1.29, 1.82) is 0 Å². The third kappa shape index (κ3) is 2.57. The molecule has 1 saturated heterocycles. The van der Waals surface area contributed by atoms with Crippen LogP contribution in [0.3, 0.4) is 0 Å². The molecule has 1 aromatic rings. The summed E-state index contributed by atoms with van der Waals surface area (Å²) in [4.78, 5) is 10.1. The van der Waals surface area contributed by atoms with Crippen molar-refractivity contribution in [2.75, 3.05) is 29.5 Å². The van der Waals surface area contributed by atoms with Gasteiger partial charge in [-0.25, -0.2) is 18.4 Å². The number of aromatic nitrogens is 2. The average molecular weight is 339 g/mol. The van der Waals surface area contributed by atoms with E-state index < -0.39 is 9.84 Å². The molecule has 1 aliphatic heterocycles. The first kappa shape index (κ1) is 11.1. The third-order valence-corrected chi connectivity index (χ3v) is 4.66. The van der Waals surface area contributed by atoms with E-state index in [1.165, 1.54) is 6.33 Å². The molecule has 0 aromatic carbocycles. The van der Waals surface area contributed by atoms with Crippen LogP contribution in [0, 0.1) is 3.57 Å². The van der Waals surface area contributed by atoms with Crippen molar-refractivity contribution >= 4 is 38.2 Å². The molecule has 0 bridgehead atoms. The lowest BCUT2D eigenvalue weighted by Crippen LogP contribution is -2.41. The summed E-state index contributed by atoms with van der Waals surface area (Å²) in [7, 11) is -2.82. The smallest absolute Gasteiger partial charge is 0.153 e. The van der Waals surface area contributed by atoms with Gasteiger partial charge in [-0.3, -0.25) is 0 Å². The van der Waals surface area contributed by atoms with Gasteiger partial charge in [0.1, 0.15) is 12.1 Å². The Bertz CT molecular complexity index is 449. The van der Waals surface area contributed by atoms with E-state index in [0.717, 1.165) is 9.39 Å². The normalized spacial score (nSPS) is 20.2. The Balaban J connectivity index is 2.18. The summed E-state index contributed by atoms with van der Waals surface area (Å²) < 4.78 is 23.5. The summed E-state index contributed by atoms with van der Waals surface area (Å²) in [5.41, 5.74) is 0. The fraction of sp³-hybridized carbons (Fsp3) is 0.500. The Morgan fingerprint density at radius 1 is 1.33 bits per heavy atom. The van der Waals surface area contributed by atoms with E-state index >= 15 is 0 Å². The molecule has 7 heteroatoms. The molecule has 1 aromatic heterocycles. The lowest BCUT2D eigenvalue weighted by molar-refractivity contribution is 0.586. The van der Waals surface area contributed by atoms with Crippen LogP contribution in [0.15, 0.2) is 12.5 Å². The van der Waals surface area contributed by atoms with Crippen LogP contribution in [-0.2, 0) is 9.84 Å². The van der Waals surface area contributed by atoms with Crippen LogP contribution in [0.1, 0.15) is 0 Å². The van der Waals surface area contributed by atoms with E-state index in [4.69, 9.17) is 0 Å². The molecule has 0 unspecified atom stereocenters. The largest absolute Gasteiger partial charge is 0.354 e. The molecular weight excluding hydrogens is 329 g/mol. The van der Waals surface area contributed by atoms with Gasteiger partial charge in [0, 0.05) is 19.3 Å². The second kappa shape index (κ2) is 4.20. The molecule has 2 heterocycles. The SMILES string of the molecule is O=S1(=O)CCN(c2ncncc2I)CC1. The van der Waals surface area contributed by atoms with Gasteiger partial charge in [-0.2, -0.15) is 0 Å². The number of sulfone groups is 1. The molecule has 0 amide bonds. The van der Waals surface area contributed by atoms with Crippen LogP contribution in [0.25, 0.3) is 0 Å². The van der Waals surface area contributed by atoms with Crippen molar-refractivity contribution in [2.45, 2.75) is 0 Å². The van der Waals surface area contributed by atoms with Crippen molar-refractivity contribution in [3.63, 3.8) is 0 Å². The zero-order chi connectivity index (χ0) is 10.9. The van der Waals surface area contributed by atoms with Gasteiger partial charge in [0.2, 0.25) is 0 Å². The molecule has 1 fully saturated rings. The highest BCUT2D eigenvalue weighted by atomic mass is 127. The summed E-state index contributed by atoms with van der Waals surface area (Å²) >= 11 is 2.16. The van der Waals surface area contributed by atoms with Crippen molar-refractivity contribution in [1.82, 2.24) is 9.97 Å². The molecule has 15 heavy (non-hydrogen) atoms. The molecule has 5 nitrogen and oxygen atoms in total. The lowest BCUT2D eigenvalue weighted by Gasteiger charge is -2.28. The van der Waals surface area contributed by atoms with Gasteiger partial charge in [0.25, 0.3) is 0 Å². The zero-order valence-corrected chi connectivity index (χ0v) is 10.9. The number of anilines is 1. The van der Waals surface area contributed by atoms with Gasteiger partial charge in [-0.05, 0) is 22.6 Å². The molecular formula is C8H10IN3O2S. The molecule has 0 atom stereocenters. The van der Waals surface area contributed by atoms with Crippen LogP contribution in [-0.4, -0.2) is 43.0 Å². The monoisotopic (exact) mass is 339 g/mol. The topological polar surface area (TPSA) is 63.2 Å². The maximum atomic E-state index is 11.3. The van der Waals surface area contributed by atoms with Crippen LogP contribution in [0.2, 0.25) is 0 Å². The Morgan fingerprint density at radius 3 is 2.60 bits per heavy atom. The molecule has 0 spiro atoms. The highest BCUT2D eigenvalue weighted by molar-refractivity contribution is 14.1. The van der Waals surface area contributed by atoms with Gasteiger partial charge in [-0.15, -0.1) is 0 Å². The van der Waals surface area contributed by atoms with Crippen molar-refractivity contribution < 1.29 is 8.42 Å². The van der Waals surface area contributed by atoms with Gasteiger partial charge < -0.3 is 4.90 Å². The molecule has 0 radical (unpaired) electrons. The van der Waals surface area contributed by atoms with Gasteiger partial charge in [0.05, 0.1) is 15.1 Å². The summed E-state index contributed by atoms with van der Waals surface area (Å²) in [6, 6.07) is 0. The summed E-state index contributed by atoms with van der Waals surface area (Å²) in [6.45, 7) is 1.05. The highest BCUT2D eigenvalue weighted by Crippen LogP contribution is 2.19. The predicted octanol–water partition coefficient (Wildman–Crippen LogP) is 0.316. The summed E-state index contributed by atoms with van der Waals surface area (Å²) in [6.07, 6.45) is 3.21.